The Balaban J connectivity index is 2.52. The number of rotatable bonds is 1. The van der Waals surface area contributed by atoms with Crippen molar-refractivity contribution in [3.8, 4) is 5.75 Å². The summed E-state index contributed by atoms with van der Waals surface area (Å²) in [5, 5.41) is 0. The van der Waals surface area contributed by atoms with Crippen molar-refractivity contribution >= 4 is 11.9 Å². The highest BCUT2D eigenvalue weighted by Gasteiger charge is 2.11. The van der Waals surface area contributed by atoms with Gasteiger partial charge in [0.1, 0.15) is 0 Å². The maximum Gasteiger partial charge on any atom is 0.165 e. The van der Waals surface area contributed by atoms with Crippen LogP contribution in [0.3, 0.4) is 0 Å². The zero-order valence-corrected chi connectivity index (χ0v) is 7.38. The van der Waals surface area contributed by atoms with Gasteiger partial charge in [-0.3, -0.25) is 4.99 Å². The molecule has 0 saturated carbocycles. The second-order valence-electron chi connectivity index (χ2n) is 2.97. The molecule has 0 fully saturated rings. The zero-order valence-electron chi connectivity index (χ0n) is 7.38. The molecule has 3 heteroatoms. The van der Waals surface area contributed by atoms with Crippen LogP contribution in [0.5, 0.6) is 5.75 Å². The van der Waals surface area contributed by atoms with Gasteiger partial charge in [-0.05, 0) is 24.5 Å². The third-order valence-electron chi connectivity index (χ3n) is 2.13. The Labute approximate surface area is 76.1 Å². The van der Waals surface area contributed by atoms with E-state index in [1.165, 1.54) is 13.2 Å². The summed E-state index contributed by atoms with van der Waals surface area (Å²) < 4.78 is 18.1. The molecule has 0 aromatic heterocycles. The van der Waals surface area contributed by atoms with Crippen molar-refractivity contribution in [3.63, 3.8) is 0 Å². The minimum Gasteiger partial charge on any atom is -0.494 e. The molecule has 0 aliphatic carbocycles. The molecule has 2 nitrogen and oxygen atoms in total. The first-order valence-corrected chi connectivity index (χ1v) is 4.20. The van der Waals surface area contributed by atoms with E-state index in [-0.39, 0.29) is 11.6 Å². The fourth-order valence-corrected chi connectivity index (χ4v) is 1.44. The standard InChI is InChI=1S/C10H10FNO/c1-13-10-6-9-7(5-8(10)11)3-2-4-12-9/h4-6H,2-3H2,1H3. The molecule has 68 valence electrons. The number of aryl methyl sites for hydroxylation is 1. The van der Waals surface area contributed by atoms with Crippen molar-refractivity contribution in [3.05, 3.63) is 23.5 Å². The molecule has 13 heavy (non-hydrogen) atoms. The van der Waals surface area contributed by atoms with Gasteiger partial charge in [-0.25, -0.2) is 4.39 Å². The normalized spacial score (nSPS) is 14.0. The number of fused-ring (bicyclic) bond motifs is 1. The number of nitrogens with zero attached hydrogens (tertiary/aromatic N) is 1. The zero-order chi connectivity index (χ0) is 9.26. The summed E-state index contributed by atoms with van der Waals surface area (Å²) in [4.78, 5) is 4.17. The first-order valence-electron chi connectivity index (χ1n) is 4.20. The van der Waals surface area contributed by atoms with Gasteiger partial charge in [-0.1, -0.05) is 0 Å². The van der Waals surface area contributed by atoms with Crippen molar-refractivity contribution in [1.29, 1.82) is 0 Å². The Bertz CT molecular complexity index is 360. The van der Waals surface area contributed by atoms with E-state index in [4.69, 9.17) is 4.74 Å². The molecule has 0 radical (unpaired) electrons. The topological polar surface area (TPSA) is 21.6 Å². The van der Waals surface area contributed by atoms with E-state index in [0.717, 1.165) is 24.1 Å². The quantitative estimate of drug-likeness (QED) is 0.649. The predicted molar refractivity (Wildman–Crippen MR) is 49.4 cm³/mol. The smallest absolute Gasteiger partial charge is 0.165 e. The highest BCUT2D eigenvalue weighted by molar-refractivity contribution is 5.69. The van der Waals surface area contributed by atoms with Crippen molar-refractivity contribution in [2.45, 2.75) is 12.8 Å². The summed E-state index contributed by atoms with van der Waals surface area (Å²) in [6.07, 6.45) is 3.60. The monoisotopic (exact) mass is 179 g/mol. The van der Waals surface area contributed by atoms with E-state index in [1.807, 2.05) is 6.21 Å². The lowest BCUT2D eigenvalue weighted by Gasteiger charge is -2.11. The second kappa shape index (κ2) is 3.17. The van der Waals surface area contributed by atoms with Gasteiger partial charge < -0.3 is 4.74 Å². The van der Waals surface area contributed by atoms with Crippen molar-refractivity contribution < 1.29 is 9.13 Å². The van der Waals surface area contributed by atoms with Crippen molar-refractivity contribution in [2.24, 2.45) is 4.99 Å². The molecule has 1 aliphatic heterocycles. The largest absolute Gasteiger partial charge is 0.494 e. The highest BCUT2D eigenvalue weighted by atomic mass is 19.1. The summed E-state index contributed by atoms with van der Waals surface area (Å²) in [7, 11) is 1.46. The van der Waals surface area contributed by atoms with Gasteiger partial charge in [-0.15, -0.1) is 0 Å². The van der Waals surface area contributed by atoms with Crippen LogP contribution < -0.4 is 4.74 Å². The van der Waals surface area contributed by atoms with Crippen LogP contribution in [0.25, 0.3) is 0 Å². The van der Waals surface area contributed by atoms with Crippen LogP contribution in [0.4, 0.5) is 10.1 Å². The minimum atomic E-state index is -0.307. The maximum absolute atomic E-state index is 13.2. The van der Waals surface area contributed by atoms with E-state index in [0.29, 0.717) is 0 Å². The van der Waals surface area contributed by atoms with Gasteiger partial charge >= 0.3 is 0 Å². The molecule has 1 aromatic carbocycles. The van der Waals surface area contributed by atoms with Gasteiger partial charge in [0.25, 0.3) is 0 Å². The van der Waals surface area contributed by atoms with E-state index in [9.17, 15) is 4.39 Å². The molecule has 0 amide bonds. The predicted octanol–water partition coefficient (Wildman–Crippen LogP) is 2.48. The first-order chi connectivity index (χ1) is 6.31. The highest BCUT2D eigenvalue weighted by Crippen LogP contribution is 2.30. The van der Waals surface area contributed by atoms with Crippen LogP contribution in [0.15, 0.2) is 17.1 Å². The van der Waals surface area contributed by atoms with Gasteiger partial charge in [0.05, 0.1) is 12.8 Å². The maximum atomic E-state index is 13.2. The molecule has 0 saturated heterocycles. The summed E-state index contributed by atoms with van der Waals surface area (Å²) >= 11 is 0. The molecule has 0 N–H and O–H groups in total. The molecule has 0 unspecified atom stereocenters. The number of ether oxygens (including phenoxy) is 1. The summed E-state index contributed by atoms with van der Waals surface area (Å²) in [6.45, 7) is 0. The molecule has 1 aliphatic rings. The van der Waals surface area contributed by atoms with Crippen molar-refractivity contribution in [1.82, 2.24) is 0 Å². The molecule has 2 rings (SSSR count). The number of methoxy groups -OCH3 is 1. The molecule has 0 spiro atoms. The van der Waals surface area contributed by atoms with E-state index in [1.54, 1.807) is 6.07 Å². The minimum absolute atomic E-state index is 0.262. The number of halogens is 1. The third-order valence-corrected chi connectivity index (χ3v) is 2.13. The molecule has 0 bridgehead atoms. The lowest BCUT2D eigenvalue weighted by molar-refractivity contribution is 0.386. The Morgan fingerprint density at radius 3 is 3.08 bits per heavy atom. The van der Waals surface area contributed by atoms with Crippen molar-refractivity contribution in [2.75, 3.05) is 7.11 Å². The number of hydrogen-bond acceptors (Lipinski definition) is 2. The van der Waals surface area contributed by atoms with E-state index < -0.39 is 0 Å². The lowest BCUT2D eigenvalue weighted by atomic mass is 10.1. The summed E-state index contributed by atoms with van der Waals surface area (Å²) in [6, 6.07) is 3.14. The molecular weight excluding hydrogens is 169 g/mol. The van der Waals surface area contributed by atoms with Gasteiger partial charge in [0.2, 0.25) is 0 Å². The van der Waals surface area contributed by atoms with Gasteiger partial charge in [-0.2, -0.15) is 0 Å². The second-order valence-corrected chi connectivity index (χ2v) is 2.97. The number of benzene rings is 1. The Kier molecular flexibility index (Phi) is 2.00. The fourth-order valence-electron chi connectivity index (χ4n) is 1.44. The first kappa shape index (κ1) is 8.23. The van der Waals surface area contributed by atoms with Crippen LogP contribution in [-0.2, 0) is 6.42 Å². The fraction of sp³-hybridized carbons (Fsp3) is 0.300. The van der Waals surface area contributed by atoms with Crippen LogP contribution in [0.1, 0.15) is 12.0 Å². The average molecular weight is 179 g/mol. The number of hydrogen-bond donors (Lipinski definition) is 0. The SMILES string of the molecule is COc1cc2c(cc1F)CCC=N2. The lowest BCUT2D eigenvalue weighted by Crippen LogP contribution is -1.96. The molecule has 1 aromatic rings. The molecule has 0 atom stereocenters. The summed E-state index contributed by atoms with van der Waals surface area (Å²) in [5.74, 6) is -0.0452. The Morgan fingerprint density at radius 1 is 1.46 bits per heavy atom. The average Bonchev–Trinajstić information content (AvgIpc) is 2.17. The molecule has 1 heterocycles. The van der Waals surface area contributed by atoms with Crippen LogP contribution in [0.2, 0.25) is 0 Å². The van der Waals surface area contributed by atoms with Crippen LogP contribution in [-0.4, -0.2) is 13.3 Å². The van der Waals surface area contributed by atoms with Gasteiger partial charge in [0.15, 0.2) is 11.6 Å². The number of aliphatic imine (C=N–C) groups is 1. The Morgan fingerprint density at radius 2 is 2.31 bits per heavy atom. The van der Waals surface area contributed by atoms with Crippen LogP contribution >= 0.6 is 0 Å². The van der Waals surface area contributed by atoms with E-state index in [2.05, 4.69) is 4.99 Å². The van der Waals surface area contributed by atoms with Crippen LogP contribution in [0, 0.1) is 5.82 Å². The summed E-state index contributed by atoms with van der Waals surface area (Å²) in [5.41, 5.74) is 1.78. The third kappa shape index (κ3) is 1.41. The Hall–Kier alpha value is -1.38. The van der Waals surface area contributed by atoms with E-state index >= 15 is 0 Å². The molecular formula is C10H10FNO. The van der Waals surface area contributed by atoms with Gasteiger partial charge in [0, 0.05) is 12.3 Å².